The molecule has 0 aliphatic carbocycles. The number of alkyl halides is 6. The van der Waals surface area contributed by atoms with E-state index in [1.54, 1.807) is 0 Å². The van der Waals surface area contributed by atoms with Crippen molar-refractivity contribution in [3.8, 4) is 0 Å². The number of amides is 1. The summed E-state index contributed by atoms with van der Waals surface area (Å²) in [5.41, 5.74) is 0.282. The van der Waals surface area contributed by atoms with Gasteiger partial charge in [0, 0.05) is 12.5 Å². The van der Waals surface area contributed by atoms with Crippen molar-refractivity contribution >= 4 is 5.91 Å². The molecule has 2 saturated heterocycles. The molecule has 156 valence electrons. The monoisotopic (exact) mass is 412 g/mol. The first kappa shape index (κ1) is 20.9. The molecular weight excluding hydrogens is 393 g/mol. The van der Waals surface area contributed by atoms with E-state index in [1.165, 1.54) is 19.1 Å². The molecule has 3 nitrogen and oxygen atoms in total. The van der Waals surface area contributed by atoms with Gasteiger partial charge in [0.15, 0.2) is 0 Å². The van der Waals surface area contributed by atoms with Gasteiger partial charge in [-0.1, -0.05) is 12.1 Å². The Bertz CT molecular complexity index is 746. The van der Waals surface area contributed by atoms with Crippen molar-refractivity contribution in [3.63, 3.8) is 0 Å². The van der Waals surface area contributed by atoms with E-state index >= 15 is 0 Å². The van der Waals surface area contributed by atoms with Crippen LogP contribution in [0.15, 0.2) is 18.2 Å². The Morgan fingerprint density at radius 3 is 2.43 bits per heavy atom. The second-order valence-corrected chi connectivity index (χ2v) is 7.27. The van der Waals surface area contributed by atoms with Gasteiger partial charge in [0.2, 0.25) is 5.91 Å². The molecule has 4 atom stereocenters. The maximum atomic E-state index is 13.9. The van der Waals surface area contributed by atoms with Crippen LogP contribution in [0.1, 0.15) is 36.3 Å². The Morgan fingerprint density at radius 2 is 1.82 bits per heavy atom. The third-order valence-corrected chi connectivity index (χ3v) is 5.56. The molecule has 0 spiro atoms. The van der Waals surface area contributed by atoms with Crippen LogP contribution in [0.4, 0.5) is 30.7 Å². The SMILES string of the molecule is Cc1c(F)cccc1C1C[C@H](C(F)(F)F)N[C@@H]1C(=O)N1CCCC1C(F)(F)F. The van der Waals surface area contributed by atoms with E-state index in [-0.39, 0.29) is 30.5 Å². The van der Waals surface area contributed by atoms with Crippen molar-refractivity contribution in [3.05, 3.63) is 35.1 Å². The molecule has 2 unspecified atom stereocenters. The van der Waals surface area contributed by atoms with Gasteiger partial charge >= 0.3 is 12.4 Å². The minimum Gasteiger partial charge on any atom is -0.329 e. The molecule has 1 aromatic carbocycles. The van der Waals surface area contributed by atoms with Gasteiger partial charge in [-0.25, -0.2) is 4.39 Å². The van der Waals surface area contributed by atoms with Crippen LogP contribution in [-0.4, -0.2) is 47.8 Å². The molecular formula is C18H19F7N2O. The van der Waals surface area contributed by atoms with Crippen LogP contribution in [0, 0.1) is 12.7 Å². The molecule has 2 aliphatic rings. The molecule has 3 rings (SSSR count). The number of carbonyl (C=O) groups excluding carboxylic acids is 1. The van der Waals surface area contributed by atoms with Gasteiger partial charge in [-0.2, -0.15) is 26.3 Å². The molecule has 1 aromatic rings. The maximum Gasteiger partial charge on any atom is 0.408 e. The Balaban J connectivity index is 1.96. The predicted molar refractivity (Wildman–Crippen MR) is 86.1 cm³/mol. The lowest BCUT2D eigenvalue weighted by Crippen LogP contribution is -2.53. The average molecular weight is 412 g/mol. The van der Waals surface area contributed by atoms with E-state index in [4.69, 9.17) is 0 Å². The third kappa shape index (κ3) is 3.83. The fourth-order valence-electron chi connectivity index (χ4n) is 4.14. The summed E-state index contributed by atoms with van der Waals surface area (Å²) in [4.78, 5) is 13.5. The number of likely N-dealkylation sites (tertiary alicyclic amines) is 1. The number of benzene rings is 1. The van der Waals surface area contributed by atoms with E-state index < -0.39 is 54.5 Å². The van der Waals surface area contributed by atoms with Crippen molar-refractivity contribution in [2.75, 3.05) is 6.54 Å². The molecule has 0 aromatic heterocycles. The summed E-state index contributed by atoms with van der Waals surface area (Å²) in [6.07, 6.45) is -10.0. The summed E-state index contributed by atoms with van der Waals surface area (Å²) in [6.45, 7) is 1.20. The number of nitrogens with one attached hydrogen (secondary N) is 1. The largest absolute Gasteiger partial charge is 0.408 e. The fourth-order valence-corrected chi connectivity index (χ4v) is 4.14. The van der Waals surface area contributed by atoms with Crippen LogP contribution < -0.4 is 5.32 Å². The molecule has 0 radical (unpaired) electrons. The highest BCUT2D eigenvalue weighted by Gasteiger charge is 2.54. The lowest BCUT2D eigenvalue weighted by molar-refractivity contribution is -0.184. The summed E-state index contributed by atoms with van der Waals surface area (Å²) >= 11 is 0. The maximum absolute atomic E-state index is 13.9. The number of halogens is 7. The second-order valence-electron chi connectivity index (χ2n) is 7.27. The Kier molecular flexibility index (Phi) is 5.37. The van der Waals surface area contributed by atoms with Crippen LogP contribution in [-0.2, 0) is 4.79 Å². The Labute approximate surface area is 156 Å². The van der Waals surface area contributed by atoms with Crippen LogP contribution in [0.2, 0.25) is 0 Å². The number of rotatable bonds is 2. The second kappa shape index (κ2) is 7.20. The minimum absolute atomic E-state index is 0.0868. The molecule has 1 amide bonds. The van der Waals surface area contributed by atoms with E-state index in [2.05, 4.69) is 5.32 Å². The minimum atomic E-state index is -4.68. The molecule has 0 saturated carbocycles. The van der Waals surface area contributed by atoms with Crippen LogP contribution in [0.3, 0.4) is 0 Å². The van der Waals surface area contributed by atoms with E-state index in [0.717, 1.165) is 6.07 Å². The van der Waals surface area contributed by atoms with E-state index in [9.17, 15) is 35.5 Å². The van der Waals surface area contributed by atoms with Gasteiger partial charge < -0.3 is 4.90 Å². The van der Waals surface area contributed by atoms with Crippen LogP contribution in [0.5, 0.6) is 0 Å². The molecule has 28 heavy (non-hydrogen) atoms. The molecule has 1 N–H and O–H groups in total. The van der Waals surface area contributed by atoms with E-state index in [1.807, 2.05) is 0 Å². The highest BCUT2D eigenvalue weighted by molar-refractivity contribution is 5.84. The van der Waals surface area contributed by atoms with Gasteiger partial charge in [-0.3, -0.25) is 10.1 Å². The van der Waals surface area contributed by atoms with Crippen LogP contribution in [0.25, 0.3) is 0 Å². The molecule has 2 heterocycles. The van der Waals surface area contributed by atoms with Gasteiger partial charge in [-0.05, 0) is 43.4 Å². The zero-order valence-corrected chi connectivity index (χ0v) is 14.9. The molecule has 10 heteroatoms. The van der Waals surface area contributed by atoms with E-state index in [0.29, 0.717) is 4.90 Å². The summed E-state index contributed by atoms with van der Waals surface area (Å²) in [5.74, 6) is -2.75. The zero-order chi connectivity index (χ0) is 20.9. The van der Waals surface area contributed by atoms with Crippen molar-refractivity contribution in [1.29, 1.82) is 0 Å². The summed E-state index contributed by atoms with van der Waals surface area (Å²) in [7, 11) is 0. The lowest BCUT2D eigenvalue weighted by atomic mass is 9.87. The van der Waals surface area contributed by atoms with Gasteiger partial charge in [-0.15, -0.1) is 0 Å². The van der Waals surface area contributed by atoms with Crippen LogP contribution >= 0.6 is 0 Å². The first-order valence-corrected chi connectivity index (χ1v) is 8.86. The fraction of sp³-hybridized carbons (Fsp3) is 0.611. The average Bonchev–Trinajstić information content (AvgIpc) is 3.22. The predicted octanol–water partition coefficient (Wildman–Crippen LogP) is 4.06. The smallest absolute Gasteiger partial charge is 0.329 e. The summed E-state index contributed by atoms with van der Waals surface area (Å²) < 4.78 is 93.4. The van der Waals surface area contributed by atoms with Gasteiger partial charge in [0.25, 0.3) is 0 Å². The summed E-state index contributed by atoms with van der Waals surface area (Å²) in [6, 6.07) is -1.71. The van der Waals surface area contributed by atoms with Crippen molar-refractivity contribution in [2.24, 2.45) is 0 Å². The highest BCUT2D eigenvalue weighted by atomic mass is 19.4. The summed E-state index contributed by atoms with van der Waals surface area (Å²) in [5, 5.41) is 2.17. The number of carbonyl (C=O) groups is 1. The molecule has 2 fully saturated rings. The van der Waals surface area contributed by atoms with Crippen molar-refractivity contribution in [1.82, 2.24) is 10.2 Å². The first-order valence-electron chi connectivity index (χ1n) is 8.86. The highest BCUT2D eigenvalue weighted by Crippen LogP contribution is 2.41. The lowest BCUT2D eigenvalue weighted by Gasteiger charge is -2.31. The third-order valence-electron chi connectivity index (χ3n) is 5.56. The molecule has 0 bridgehead atoms. The van der Waals surface area contributed by atoms with Gasteiger partial charge in [0.05, 0.1) is 6.04 Å². The quantitative estimate of drug-likeness (QED) is 0.743. The first-order chi connectivity index (χ1) is 12.9. The Hall–Kier alpha value is -1.84. The number of hydrogen-bond donors (Lipinski definition) is 1. The topological polar surface area (TPSA) is 32.3 Å². The van der Waals surface area contributed by atoms with Crippen molar-refractivity contribution in [2.45, 2.75) is 62.6 Å². The number of nitrogens with zero attached hydrogens (tertiary/aromatic N) is 1. The zero-order valence-electron chi connectivity index (χ0n) is 14.9. The molecule has 2 aliphatic heterocycles. The van der Waals surface area contributed by atoms with Crippen molar-refractivity contribution < 1.29 is 35.5 Å². The Morgan fingerprint density at radius 1 is 1.14 bits per heavy atom. The van der Waals surface area contributed by atoms with Gasteiger partial charge in [0.1, 0.15) is 17.9 Å². The normalized spacial score (nSPS) is 28.8. The standard InChI is InChI=1S/C18H19F7N2O/c1-9-10(4-2-5-12(9)19)11-8-13(17(20,21)22)26-15(11)16(28)27-7-3-6-14(27)18(23,24)25/h2,4-5,11,13-15,26H,3,6-8H2,1H3/t11?,13-,14?,15+/m1/s1. The number of hydrogen-bond acceptors (Lipinski definition) is 2.